The first-order chi connectivity index (χ1) is 19.2. The number of hydrogen-bond acceptors (Lipinski definition) is 7. The summed E-state index contributed by atoms with van der Waals surface area (Å²) in [5.74, 6) is 0.698. The first-order valence-corrected chi connectivity index (χ1v) is 15.5. The largest absolute Gasteiger partial charge is 0.497 e. The number of benzene rings is 2. The van der Waals surface area contributed by atoms with Crippen molar-refractivity contribution in [2.24, 2.45) is 0 Å². The fourth-order valence-electron chi connectivity index (χ4n) is 5.15. The van der Waals surface area contributed by atoms with Crippen molar-refractivity contribution in [3.8, 4) is 17.2 Å². The van der Waals surface area contributed by atoms with Gasteiger partial charge in [-0.05, 0) is 56.0 Å². The molecule has 2 amide bonds. The van der Waals surface area contributed by atoms with E-state index in [2.05, 4.69) is 5.32 Å². The summed E-state index contributed by atoms with van der Waals surface area (Å²) in [7, 11) is -2.27. The second-order valence-corrected chi connectivity index (χ2v) is 12.3. The van der Waals surface area contributed by atoms with E-state index in [1.165, 1.54) is 11.8 Å². The molecule has 0 radical (unpaired) electrons. The van der Waals surface area contributed by atoms with E-state index < -0.39 is 28.5 Å². The summed E-state index contributed by atoms with van der Waals surface area (Å²) >= 11 is 0. The standard InChI is InChI=1S/C29H39N3O7S/c1-4-25(29(34)30-22-9-7-6-8-10-22)31(18-21-11-14-24(37-3)15-12-21)28(33)19-32(40(35,36)5-2)23-13-16-26-27(17-23)39-20-38-26/h11-17,22,25H,4-10,18-20H2,1-3H3,(H,30,34). The number of amides is 2. The molecule has 2 aliphatic rings. The number of methoxy groups -OCH3 is 1. The first-order valence-electron chi connectivity index (χ1n) is 13.9. The van der Waals surface area contributed by atoms with Crippen LogP contribution < -0.4 is 23.8 Å². The average Bonchev–Trinajstić information content (AvgIpc) is 3.44. The van der Waals surface area contributed by atoms with Crippen LogP contribution in [0.5, 0.6) is 17.2 Å². The molecule has 0 spiro atoms. The number of carbonyl (C=O) groups is 2. The van der Waals surface area contributed by atoms with Crippen LogP contribution in [0.4, 0.5) is 5.69 Å². The Bertz CT molecular complexity index is 1280. The third-order valence-corrected chi connectivity index (χ3v) is 9.21. The maximum Gasteiger partial charge on any atom is 0.244 e. The molecular formula is C29H39N3O7S. The fraction of sp³-hybridized carbons (Fsp3) is 0.517. The first kappa shape index (κ1) is 29.5. The minimum atomic E-state index is -3.84. The number of sulfonamides is 1. The SMILES string of the molecule is CCC(C(=O)NC1CCCCC1)N(Cc1ccc(OC)cc1)C(=O)CN(c1ccc2c(c1)OCO2)S(=O)(=O)CC. The zero-order valence-corrected chi connectivity index (χ0v) is 24.2. The van der Waals surface area contributed by atoms with Gasteiger partial charge in [0.1, 0.15) is 18.3 Å². The third kappa shape index (κ3) is 6.99. The summed E-state index contributed by atoms with van der Waals surface area (Å²) in [5, 5.41) is 3.15. The quantitative estimate of drug-likeness (QED) is 0.410. The predicted molar refractivity (Wildman–Crippen MR) is 152 cm³/mol. The maximum absolute atomic E-state index is 14.0. The molecule has 11 heteroatoms. The summed E-state index contributed by atoms with van der Waals surface area (Å²) in [5.41, 5.74) is 1.09. The summed E-state index contributed by atoms with van der Waals surface area (Å²) in [6.07, 6.45) is 5.51. The highest BCUT2D eigenvalue weighted by molar-refractivity contribution is 7.92. The Hall–Kier alpha value is -3.47. The van der Waals surface area contributed by atoms with Crippen molar-refractivity contribution in [1.82, 2.24) is 10.2 Å². The summed E-state index contributed by atoms with van der Waals surface area (Å²) < 4.78 is 43.6. The van der Waals surface area contributed by atoms with Gasteiger partial charge >= 0.3 is 0 Å². The summed E-state index contributed by atoms with van der Waals surface area (Å²) in [6.45, 7) is 3.11. The van der Waals surface area contributed by atoms with E-state index in [0.717, 1.165) is 42.0 Å². The number of hydrogen-bond donors (Lipinski definition) is 1. The van der Waals surface area contributed by atoms with Gasteiger partial charge in [-0.3, -0.25) is 13.9 Å². The van der Waals surface area contributed by atoms with Crippen LogP contribution in [0, 0.1) is 0 Å². The van der Waals surface area contributed by atoms with Crippen LogP contribution in [0.25, 0.3) is 0 Å². The van der Waals surface area contributed by atoms with E-state index in [1.807, 2.05) is 19.1 Å². The van der Waals surface area contributed by atoms with Crippen molar-refractivity contribution < 1.29 is 32.2 Å². The summed E-state index contributed by atoms with van der Waals surface area (Å²) in [4.78, 5) is 29.0. The Morgan fingerprint density at radius 3 is 2.38 bits per heavy atom. The highest BCUT2D eigenvalue weighted by Crippen LogP contribution is 2.36. The molecule has 10 nitrogen and oxygen atoms in total. The molecule has 2 aromatic rings. The predicted octanol–water partition coefficient (Wildman–Crippen LogP) is 3.84. The fourth-order valence-corrected chi connectivity index (χ4v) is 6.21. The van der Waals surface area contributed by atoms with Crippen LogP contribution in [-0.4, -0.2) is 63.4 Å². The molecule has 218 valence electrons. The Morgan fingerprint density at radius 2 is 1.73 bits per heavy atom. The minimum Gasteiger partial charge on any atom is -0.497 e. The van der Waals surface area contributed by atoms with Crippen molar-refractivity contribution in [2.75, 3.05) is 30.5 Å². The van der Waals surface area contributed by atoms with E-state index in [9.17, 15) is 18.0 Å². The molecule has 40 heavy (non-hydrogen) atoms. The van der Waals surface area contributed by atoms with Gasteiger partial charge in [0.05, 0.1) is 18.6 Å². The van der Waals surface area contributed by atoms with Crippen LogP contribution in [0.1, 0.15) is 57.9 Å². The lowest BCUT2D eigenvalue weighted by atomic mass is 9.95. The molecule has 1 N–H and O–H groups in total. The van der Waals surface area contributed by atoms with Crippen molar-refractivity contribution in [3.05, 3.63) is 48.0 Å². The lowest BCUT2D eigenvalue weighted by Crippen LogP contribution is -2.54. The molecule has 1 atom stereocenters. The molecule has 1 aliphatic carbocycles. The molecule has 1 fully saturated rings. The van der Waals surface area contributed by atoms with E-state index >= 15 is 0 Å². The van der Waals surface area contributed by atoms with Crippen LogP contribution in [0.15, 0.2) is 42.5 Å². The Balaban J connectivity index is 1.63. The molecule has 0 saturated heterocycles. The number of anilines is 1. The molecule has 2 aromatic carbocycles. The van der Waals surface area contributed by atoms with E-state index in [0.29, 0.717) is 29.4 Å². The van der Waals surface area contributed by atoms with Gasteiger partial charge in [-0.25, -0.2) is 8.42 Å². The monoisotopic (exact) mass is 573 g/mol. The number of fused-ring (bicyclic) bond motifs is 1. The minimum absolute atomic E-state index is 0.0438. The Kier molecular flexibility index (Phi) is 9.78. The van der Waals surface area contributed by atoms with Crippen molar-refractivity contribution >= 4 is 27.5 Å². The maximum atomic E-state index is 14.0. The van der Waals surface area contributed by atoms with Gasteiger partial charge in [-0.2, -0.15) is 0 Å². The number of ether oxygens (including phenoxy) is 3. The number of nitrogens with one attached hydrogen (secondary N) is 1. The highest BCUT2D eigenvalue weighted by Gasteiger charge is 2.34. The van der Waals surface area contributed by atoms with E-state index in [-0.39, 0.29) is 31.0 Å². The van der Waals surface area contributed by atoms with Crippen molar-refractivity contribution in [1.29, 1.82) is 0 Å². The van der Waals surface area contributed by atoms with Crippen molar-refractivity contribution in [2.45, 2.75) is 71.0 Å². The smallest absolute Gasteiger partial charge is 0.244 e. The topological polar surface area (TPSA) is 114 Å². The average molecular weight is 574 g/mol. The van der Waals surface area contributed by atoms with Crippen LogP contribution in [0.2, 0.25) is 0 Å². The van der Waals surface area contributed by atoms with Gasteiger partial charge in [0.25, 0.3) is 0 Å². The van der Waals surface area contributed by atoms with Gasteiger partial charge in [0, 0.05) is 18.7 Å². The molecule has 0 aromatic heterocycles. The van der Waals surface area contributed by atoms with E-state index in [4.69, 9.17) is 14.2 Å². The molecule has 1 heterocycles. The lowest BCUT2D eigenvalue weighted by molar-refractivity contribution is -0.140. The molecular weight excluding hydrogens is 534 g/mol. The van der Waals surface area contributed by atoms with Gasteiger partial charge < -0.3 is 24.4 Å². The number of nitrogens with zero attached hydrogens (tertiary/aromatic N) is 2. The van der Waals surface area contributed by atoms with Crippen LogP contribution in [-0.2, 0) is 26.2 Å². The normalized spacial score (nSPS) is 15.8. The molecule has 1 aliphatic heterocycles. The van der Waals surface area contributed by atoms with Gasteiger partial charge in [0.15, 0.2) is 11.5 Å². The molecule has 4 rings (SSSR count). The summed E-state index contributed by atoms with van der Waals surface area (Å²) in [6, 6.07) is 11.4. The zero-order chi connectivity index (χ0) is 28.7. The van der Waals surface area contributed by atoms with Gasteiger partial charge in [-0.15, -0.1) is 0 Å². The van der Waals surface area contributed by atoms with Crippen LogP contribution >= 0.6 is 0 Å². The highest BCUT2D eigenvalue weighted by atomic mass is 32.2. The molecule has 1 saturated carbocycles. The van der Waals surface area contributed by atoms with Gasteiger partial charge in [-0.1, -0.05) is 38.3 Å². The Morgan fingerprint density at radius 1 is 1.02 bits per heavy atom. The lowest BCUT2D eigenvalue weighted by Gasteiger charge is -2.34. The zero-order valence-electron chi connectivity index (χ0n) is 23.4. The van der Waals surface area contributed by atoms with E-state index in [1.54, 1.807) is 37.4 Å². The molecule has 0 bridgehead atoms. The number of rotatable bonds is 12. The van der Waals surface area contributed by atoms with Crippen LogP contribution in [0.3, 0.4) is 0 Å². The molecule has 1 unspecified atom stereocenters. The second-order valence-electron chi connectivity index (χ2n) is 10.1. The Labute approximate surface area is 236 Å². The van der Waals surface area contributed by atoms with Gasteiger partial charge in [0.2, 0.25) is 28.6 Å². The number of carbonyl (C=O) groups excluding carboxylic acids is 2. The van der Waals surface area contributed by atoms with Crippen molar-refractivity contribution in [3.63, 3.8) is 0 Å². The third-order valence-electron chi connectivity index (χ3n) is 7.47. The second kappa shape index (κ2) is 13.3.